The van der Waals surface area contributed by atoms with Crippen molar-refractivity contribution in [1.29, 1.82) is 0 Å². The van der Waals surface area contributed by atoms with Gasteiger partial charge in [-0.05, 0) is 83.1 Å². The van der Waals surface area contributed by atoms with Gasteiger partial charge in [-0.2, -0.15) is 9.61 Å². The Hall–Kier alpha value is -4.01. The summed E-state index contributed by atoms with van der Waals surface area (Å²) in [6, 6.07) is 19.0. The average molecular weight is 595 g/mol. The molecule has 8 heteroatoms. The monoisotopic (exact) mass is 594 g/mol. The fourth-order valence-electron chi connectivity index (χ4n) is 6.33. The molecule has 230 valence electrons. The van der Waals surface area contributed by atoms with Crippen LogP contribution in [0.4, 0.5) is 5.82 Å². The number of carbonyl (C=O) groups is 1. The molecule has 3 aliphatic rings. The van der Waals surface area contributed by atoms with Crippen LogP contribution < -0.4 is 4.90 Å². The van der Waals surface area contributed by atoms with Gasteiger partial charge in [-0.25, -0.2) is 9.78 Å². The number of allylic oxidation sites excluding steroid dienone is 1. The molecule has 1 fully saturated rings. The summed E-state index contributed by atoms with van der Waals surface area (Å²) in [4.78, 5) is 19.9. The van der Waals surface area contributed by atoms with Gasteiger partial charge in [0.2, 0.25) is 0 Å². The number of aliphatic carboxylic acids is 1. The molecule has 0 unspecified atom stereocenters. The highest BCUT2D eigenvalue weighted by Gasteiger charge is 2.37. The van der Waals surface area contributed by atoms with Crippen molar-refractivity contribution in [3.8, 4) is 22.4 Å². The van der Waals surface area contributed by atoms with Crippen molar-refractivity contribution in [2.75, 3.05) is 24.6 Å². The average Bonchev–Trinajstić information content (AvgIpc) is 3.41. The highest BCUT2D eigenvalue weighted by atomic mass is 16.5. The number of aryl methyl sites for hydroxylation is 2. The van der Waals surface area contributed by atoms with Crippen LogP contribution in [0.15, 0.2) is 66.7 Å². The van der Waals surface area contributed by atoms with Crippen molar-refractivity contribution < 1.29 is 19.4 Å². The first kappa shape index (κ1) is 30.0. The number of ether oxygens (including phenoxy) is 2. The number of hydrogen-bond acceptors (Lipinski definition) is 6. The molecule has 3 aliphatic heterocycles. The summed E-state index contributed by atoms with van der Waals surface area (Å²) in [5, 5.41) is 15.5. The minimum Gasteiger partial charge on any atom is -0.479 e. The molecule has 8 nitrogen and oxygen atoms in total. The van der Waals surface area contributed by atoms with Crippen molar-refractivity contribution in [3.63, 3.8) is 0 Å². The Labute approximate surface area is 259 Å². The van der Waals surface area contributed by atoms with E-state index in [1.807, 2.05) is 38.3 Å². The third kappa shape index (κ3) is 6.14. The van der Waals surface area contributed by atoms with Crippen LogP contribution in [0.5, 0.6) is 0 Å². The van der Waals surface area contributed by atoms with Crippen LogP contribution in [-0.4, -0.2) is 56.6 Å². The van der Waals surface area contributed by atoms with E-state index in [-0.39, 0.29) is 5.60 Å². The van der Waals surface area contributed by atoms with Gasteiger partial charge in [0.1, 0.15) is 5.82 Å². The molecule has 1 N–H and O–H groups in total. The molecule has 0 amide bonds. The minimum atomic E-state index is -1.20. The summed E-state index contributed by atoms with van der Waals surface area (Å²) >= 11 is 0. The zero-order valence-corrected chi connectivity index (χ0v) is 26.3. The van der Waals surface area contributed by atoms with E-state index in [1.54, 1.807) is 0 Å². The van der Waals surface area contributed by atoms with Crippen molar-refractivity contribution in [2.45, 2.75) is 77.6 Å². The van der Waals surface area contributed by atoms with Crippen LogP contribution in [0.2, 0.25) is 0 Å². The van der Waals surface area contributed by atoms with Crippen molar-refractivity contribution in [1.82, 2.24) is 14.6 Å². The first-order chi connectivity index (χ1) is 21.0. The van der Waals surface area contributed by atoms with Gasteiger partial charge in [-0.3, -0.25) is 0 Å². The van der Waals surface area contributed by atoms with E-state index >= 15 is 0 Å². The number of benzene rings is 2. The molecule has 0 radical (unpaired) electrons. The molecule has 0 aliphatic carbocycles. The predicted octanol–water partition coefficient (Wildman–Crippen LogP) is 7.19. The molecule has 0 spiro atoms. The third-order valence-electron chi connectivity index (χ3n) is 8.64. The molecular weight excluding hydrogens is 552 g/mol. The van der Waals surface area contributed by atoms with Gasteiger partial charge in [0, 0.05) is 30.4 Å². The topological polar surface area (TPSA) is 89.2 Å². The zero-order chi connectivity index (χ0) is 31.1. The van der Waals surface area contributed by atoms with E-state index in [1.165, 1.54) is 11.1 Å². The van der Waals surface area contributed by atoms with E-state index in [0.717, 1.165) is 48.3 Å². The van der Waals surface area contributed by atoms with E-state index in [4.69, 9.17) is 19.6 Å². The maximum atomic E-state index is 12.8. The Morgan fingerprint density at radius 1 is 1.05 bits per heavy atom. The number of fused-ring (bicyclic) bond motifs is 6. The second kappa shape index (κ2) is 11.8. The number of piperidine rings is 1. The number of nitrogens with zero attached hydrogens (tertiary/aromatic N) is 4. The smallest absolute Gasteiger partial charge is 0.337 e. The summed E-state index contributed by atoms with van der Waals surface area (Å²) in [6.07, 6.45) is 6.62. The first-order valence-corrected chi connectivity index (χ1v) is 15.5. The highest BCUT2D eigenvalue weighted by molar-refractivity contribution is 5.79. The van der Waals surface area contributed by atoms with Gasteiger partial charge in [0.05, 0.1) is 29.1 Å². The molecule has 1 saturated heterocycles. The minimum absolute atomic E-state index is 0.278. The number of carboxylic acid groups (broad SMARTS) is 1. The molecule has 7 rings (SSSR count). The van der Waals surface area contributed by atoms with Crippen LogP contribution in [0.25, 0.3) is 28.0 Å². The lowest BCUT2D eigenvalue weighted by Crippen LogP contribution is -2.45. The molecule has 6 bridgehead atoms. The summed E-state index contributed by atoms with van der Waals surface area (Å²) in [6.45, 7) is 11.6. The van der Waals surface area contributed by atoms with E-state index in [9.17, 15) is 9.90 Å². The lowest BCUT2D eigenvalue weighted by molar-refractivity contribution is -0.160. The Kier molecular flexibility index (Phi) is 8.07. The summed E-state index contributed by atoms with van der Waals surface area (Å²) in [5.74, 6) is -0.330. The third-order valence-corrected chi connectivity index (χ3v) is 8.64. The fourth-order valence-corrected chi connectivity index (χ4v) is 6.33. The number of aromatic nitrogens is 3. The fraction of sp³-hybridized carbons (Fsp3) is 0.417. The SMILES string of the molecule is Cc1nc2cc3nn2c(c1[C@H](OC(C)(C)C)C(=O)O)N1CCC(C)(CC1)OC/C=C\CCc1ccccc1-c1cccc-3c1. The molecular formula is C36H42N4O4. The molecule has 1 atom stereocenters. The van der Waals surface area contributed by atoms with Crippen molar-refractivity contribution in [3.05, 3.63) is 83.6 Å². The first-order valence-electron chi connectivity index (χ1n) is 15.5. The van der Waals surface area contributed by atoms with Crippen molar-refractivity contribution >= 4 is 17.4 Å². The standard InChI is InChI=1S/C36H42N4O4/c1-24-31(32(34(41)42)44-35(2,3)4)33-39-19-17-36(5,18-20-39)43-21-10-6-7-12-25-13-8-9-16-28(25)26-14-11-15-27(22-26)29-23-30(37-24)40(33)38-29/h6,8-11,13-16,22-23,32H,7,12,17-21H2,1-5H3,(H,41,42)/b10-6-/t32-/m0/s1. The van der Waals surface area contributed by atoms with Crippen LogP contribution >= 0.6 is 0 Å². The lowest BCUT2D eigenvalue weighted by atomic mass is 9.92. The Balaban J connectivity index is 1.55. The molecule has 2 aromatic carbocycles. The molecule has 44 heavy (non-hydrogen) atoms. The molecule has 4 aromatic rings. The van der Waals surface area contributed by atoms with E-state index in [0.29, 0.717) is 36.6 Å². The Bertz CT molecular complexity index is 1710. The van der Waals surface area contributed by atoms with E-state index < -0.39 is 17.7 Å². The number of carboxylic acids is 1. The van der Waals surface area contributed by atoms with Crippen LogP contribution in [0.1, 0.15) is 69.9 Å². The molecule has 0 saturated carbocycles. The molecule has 5 heterocycles. The summed E-state index contributed by atoms with van der Waals surface area (Å²) in [5.41, 5.74) is 6.26. The van der Waals surface area contributed by atoms with Gasteiger partial charge in [-0.1, -0.05) is 54.6 Å². The lowest BCUT2D eigenvalue weighted by Gasteiger charge is -2.41. The normalized spacial score (nSPS) is 18.3. The maximum absolute atomic E-state index is 12.8. The second-order valence-electron chi connectivity index (χ2n) is 13.2. The van der Waals surface area contributed by atoms with Crippen LogP contribution in [0.3, 0.4) is 0 Å². The molecule has 2 aromatic heterocycles. The van der Waals surface area contributed by atoms with Crippen LogP contribution in [0, 0.1) is 6.92 Å². The predicted molar refractivity (Wildman–Crippen MR) is 173 cm³/mol. The summed E-state index contributed by atoms with van der Waals surface area (Å²) < 4.78 is 14.4. The zero-order valence-electron chi connectivity index (χ0n) is 26.3. The summed E-state index contributed by atoms with van der Waals surface area (Å²) in [7, 11) is 0. The van der Waals surface area contributed by atoms with Crippen LogP contribution in [-0.2, 0) is 20.7 Å². The maximum Gasteiger partial charge on any atom is 0.337 e. The number of anilines is 1. The highest BCUT2D eigenvalue weighted by Crippen LogP contribution is 2.39. The van der Waals surface area contributed by atoms with Crippen molar-refractivity contribution in [2.24, 2.45) is 0 Å². The Morgan fingerprint density at radius 3 is 2.55 bits per heavy atom. The quantitative estimate of drug-likeness (QED) is 0.251. The van der Waals surface area contributed by atoms with Gasteiger partial charge in [0.15, 0.2) is 11.8 Å². The van der Waals surface area contributed by atoms with Gasteiger partial charge in [-0.15, -0.1) is 0 Å². The van der Waals surface area contributed by atoms with Gasteiger partial charge in [0.25, 0.3) is 0 Å². The Morgan fingerprint density at radius 2 is 1.80 bits per heavy atom. The largest absolute Gasteiger partial charge is 0.479 e. The van der Waals surface area contributed by atoms with Gasteiger partial charge >= 0.3 is 5.97 Å². The van der Waals surface area contributed by atoms with E-state index in [2.05, 4.69) is 72.5 Å². The van der Waals surface area contributed by atoms with Gasteiger partial charge < -0.3 is 19.5 Å². The second-order valence-corrected chi connectivity index (χ2v) is 13.2. The number of rotatable bonds is 3. The number of hydrogen-bond donors (Lipinski definition) is 1.